The van der Waals surface area contributed by atoms with Crippen LogP contribution < -0.4 is 0 Å². The third-order valence-electron chi connectivity index (χ3n) is 2.48. The fraction of sp³-hybridized carbons (Fsp3) is 0.917. The van der Waals surface area contributed by atoms with Crippen LogP contribution in [0.2, 0.25) is 0 Å². The van der Waals surface area contributed by atoms with Crippen LogP contribution in [0.5, 0.6) is 0 Å². The Hall–Kier alpha value is -0.0500. The van der Waals surface area contributed by atoms with Crippen LogP contribution in [0, 0.1) is 5.92 Å². The van der Waals surface area contributed by atoms with Crippen molar-refractivity contribution < 1.29 is 9.53 Å². The monoisotopic (exact) mass is 278 g/mol. The van der Waals surface area contributed by atoms with Crippen LogP contribution in [0.1, 0.15) is 52.4 Å². The Kier molecular flexibility index (Phi) is 10.4. The first-order valence-electron chi connectivity index (χ1n) is 5.92. The molecule has 90 valence electrons. The third-order valence-corrected chi connectivity index (χ3v) is 3.04. The molecular formula is C12H23BrO2. The number of halogens is 1. The van der Waals surface area contributed by atoms with Gasteiger partial charge in [0.2, 0.25) is 0 Å². The molecule has 0 aliphatic carbocycles. The topological polar surface area (TPSA) is 26.3 Å². The van der Waals surface area contributed by atoms with Gasteiger partial charge in [0.05, 0.1) is 6.61 Å². The molecule has 0 N–H and O–H groups in total. The minimum atomic E-state index is -0.0511. The van der Waals surface area contributed by atoms with E-state index in [9.17, 15) is 4.79 Å². The molecule has 0 aromatic heterocycles. The lowest BCUT2D eigenvalue weighted by atomic mass is 9.98. The van der Waals surface area contributed by atoms with Gasteiger partial charge in [-0.05, 0) is 25.7 Å². The van der Waals surface area contributed by atoms with E-state index in [1.165, 1.54) is 25.7 Å². The smallest absolute Gasteiger partial charge is 0.305 e. The molecule has 1 atom stereocenters. The first kappa shape index (κ1) is 14.9. The van der Waals surface area contributed by atoms with Crippen LogP contribution in [0.25, 0.3) is 0 Å². The average molecular weight is 279 g/mol. The summed E-state index contributed by atoms with van der Waals surface area (Å²) in [7, 11) is 0. The van der Waals surface area contributed by atoms with Gasteiger partial charge in [-0.15, -0.1) is 0 Å². The summed E-state index contributed by atoms with van der Waals surface area (Å²) in [6.07, 6.45) is 6.59. The Morgan fingerprint density at radius 1 is 1.27 bits per heavy atom. The average Bonchev–Trinajstić information content (AvgIpc) is 2.22. The molecule has 0 bridgehead atoms. The second-order valence-corrected chi connectivity index (χ2v) is 4.78. The summed E-state index contributed by atoms with van der Waals surface area (Å²) in [5.41, 5.74) is 0. The predicted octanol–water partition coefficient (Wildman–Crippen LogP) is 3.92. The summed E-state index contributed by atoms with van der Waals surface area (Å²) in [6, 6.07) is 0. The molecule has 0 aromatic rings. The number of esters is 1. The molecule has 1 unspecified atom stereocenters. The molecule has 0 saturated heterocycles. The molecule has 0 aliphatic heterocycles. The molecule has 0 aromatic carbocycles. The Balaban J connectivity index is 3.32. The molecule has 3 heteroatoms. The molecule has 0 radical (unpaired) electrons. The van der Waals surface area contributed by atoms with E-state index in [-0.39, 0.29) is 5.97 Å². The minimum absolute atomic E-state index is 0.0511. The fourth-order valence-electron chi connectivity index (χ4n) is 1.51. The number of carbonyl (C=O) groups is 1. The Morgan fingerprint density at radius 2 is 2.00 bits per heavy atom. The number of hydrogen-bond acceptors (Lipinski definition) is 2. The van der Waals surface area contributed by atoms with E-state index >= 15 is 0 Å². The maximum Gasteiger partial charge on any atom is 0.305 e. The molecule has 2 nitrogen and oxygen atoms in total. The number of carbonyl (C=O) groups excluding carboxylic acids is 1. The van der Waals surface area contributed by atoms with Gasteiger partial charge in [-0.3, -0.25) is 4.79 Å². The lowest BCUT2D eigenvalue weighted by molar-refractivity contribution is -0.143. The van der Waals surface area contributed by atoms with E-state index in [1.54, 1.807) is 0 Å². The SMILES string of the molecule is CCOC(=O)CCC(C)CCCCCBr. The highest BCUT2D eigenvalue weighted by Gasteiger charge is 2.06. The summed E-state index contributed by atoms with van der Waals surface area (Å²) in [5.74, 6) is 0.592. The summed E-state index contributed by atoms with van der Waals surface area (Å²) < 4.78 is 4.89. The first-order valence-corrected chi connectivity index (χ1v) is 7.04. The van der Waals surface area contributed by atoms with Crippen LogP contribution >= 0.6 is 15.9 Å². The number of ether oxygens (including phenoxy) is 1. The summed E-state index contributed by atoms with van der Waals surface area (Å²) in [4.78, 5) is 11.1. The highest BCUT2D eigenvalue weighted by Crippen LogP contribution is 2.15. The fourth-order valence-corrected chi connectivity index (χ4v) is 1.90. The predicted molar refractivity (Wildman–Crippen MR) is 67.3 cm³/mol. The molecule has 15 heavy (non-hydrogen) atoms. The van der Waals surface area contributed by atoms with Gasteiger partial charge in [0.25, 0.3) is 0 Å². The van der Waals surface area contributed by atoms with Gasteiger partial charge in [-0.1, -0.05) is 42.1 Å². The minimum Gasteiger partial charge on any atom is -0.466 e. The summed E-state index contributed by atoms with van der Waals surface area (Å²) in [6.45, 7) is 4.56. The third kappa shape index (κ3) is 10.2. The van der Waals surface area contributed by atoms with E-state index in [4.69, 9.17) is 4.74 Å². The van der Waals surface area contributed by atoms with Gasteiger partial charge in [0, 0.05) is 11.8 Å². The lowest BCUT2D eigenvalue weighted by Gasteiger charge is -2.10. The number of rotatable bonds is 9. The van der Waals surface area contributed by atoms with Gasteiger partial charge in [0.15, 0.2) is 0 Å². The van der Waals surface area contributed by atoms with Gasteiger partial charge in [-0.25, -0.2) is 0 Å². The standard InChI is InChI=1S/C12H23BrO2/c1-3-15-12(14)9-8-11(2)7-5-4-6-10-13/h11H,3-10H2,1-2H3. The van der Waals surface area contributed by atoms with Crippen molar-refractivity contribution in [1.82, 2.24) is 0 Å². The van der Waals surface area contributed by atoms with E-state index in [2.05, 4.69) is 22.9 Å². The van der Waals surface area contributed by atoms with Gasteiger partial charge < -0.3 is 4.74 Å². The normalized spacial score (nSPS) is 12.5. The van der Waals surface area contributed by atoms with Crippen molar-refractivity contribution in [3.05, 3.63) is 0 Å². The molecule has 0 amide bonds. The Morgan fingerprint density at radius 3 is 2.60 bits per heavy atom. The van der Waals surface area contributed by atoms with Crippen LogP contribution in [-0.2, 0) is 9.53 Å². The summed E-state index contributed by atoms with van der Waals surface area (Å²) in [5, 5.41) is 1.10. The van der Waals surface area contributed by atoms with Gasteiger partial charge in [-0.2, -0.15) is 0 Å². The van der Waals surface area contributed by atoms with Gasteiger partial charge in [0.1, 0.15) is 0 Å². The molecule has 0 spiro atoms. The maximum atomic E-state index is 11.1. The van der Waals surface area contributed by atoms with Crippen molar-refractivity contribution in [2.75, 3.05) is 11.9 Å². The Labute approximate surface area is 102 Å². The molecule has 0 rings (SSSR count). The second-order valence-electron chi connectivity index (χ2n) is 3.99. The number of hydrogen-bond donors (Lipinski definition) is 0. The zero-order valence-corrected chi connectivity index (χ0v) is 11.5. The molecule has 0 aliphatic rings. The van der Waals surface area contributed by atoms with Crippen LogP contribution in [0.15, 0.2) is 0 Å². The van der Waals surface area contributed by atoms with E-state index in [0.29, 0.717) is 18.9 Å². The zero-order valence-electron chi connectivity index (χ0n) is 9.93. The largest absolute Gasteiger partial charge is 0.466 e. The van der Waals surface area contributed by atoms with Crippen molar-refractivity contribution in [3.8, 4) is 0 Å². The van der Waals surface area contributed by atoms with Crippen molar-refractivity contribution in [2.24, 2.45) is 5.92 Å². The molecule has 0 fully saturated rings. The zero-order chi connectivity index (χ0) is 11.5. The van der Waals surface area contributed by atoms with Gasteiger partial charge >= 0.3 is 5.97 Å². The quantitative estimate of drug-likeness (QED) is 0.363. The molecule has 0 saturated carbocycles. The highest BCUT2D eigenvalue weighted by atomic mass is 79.9. The van der Waals surface area contributed by atoms with Crippen molar-refractivity contribution >= 4 is 21.9 Å². The molecule has 0 heterocycles. The summed E-state index contributed by atoms with van der Waals surface area (Å²) >= 11 is 3.42. The van der Waals surface area contributed by atoms with E-state index in [1.807, 2.05) is 6.92 Å². The van der Waals surface area contributed by atoms with Crippen LogP contribution in [0.3, 0.4) is 0 Å². The first-order chi connectivity index (χ1) is 7.20. The highest BCUT2D eigenvalue weighted by molar-refractivity contribution is 9.09. The van der Waals surface area contributed by atoms with Crippen molar-refractivity contribution in [1.29, 1.82) is 0 Å². The van der Waals surface area contributed by atoms with E-state index in [0.717, 1.165) is 11.8 Å². The Bertz CT molecular complexity index is 160. The number of alkyl halides is 1. The maximum absolute atomic E-state index is 11.1. The van der Waals surface area contributed by atoms with Crippen LogP contribution in [0.4, 0.5) is 0 Å². The molecular weight excluding hydrogens is 256 g/mol. The van der Waals surface area contributed by atoms with E-state index < -0.39 is 0 Å². The second kappa shape index (κ2) is 10.5. The van der Waals surface area contributed by atoms with Crippen molar-refractivity contribution in [2.45, 2.75) is 52.4 Å². The van der Waals surface area contributed by atoms with Crippen LogP contribution in [-0.4, -0.2) is 17.9 Å². The van der Waals surface area contributed by atoms with Crippen molar-refractivity contribution in [3.63, 3.8) is 0 Å². The number of unbranched alkanes of at least 4 members (excludes halogenated alkanes) is 2. The lowest BCUT2D eigenvalue weighted by Crippen LogP contribution is -2.06.